The minimum atomic E-state index is 0.124. The van der Waals surface area contributed by atoms with Crippen molar-refractivity contribution in [2.75, 3.05) is 13.1 Å². The summed E-state index contributed by atoms with van der Waals surface area (Å²) in [4.78, 5) is 2.39. The lowest BCUT2D eigenvalue weighted by Gasteiger charge is -2.19. The van der Waals surface area contributed by atoms with Gasteiger partial charge in [-0.05, 0) is 25.0 Å². The lowest BCUT2D eigenvalue weighted by Crippen LogP contribution is -2.29. The Balaban J connectivity index is 1.96. The van der Waals surface area contributed by atoms with Gasteiger partial charge in [0.05, 0.1) is 6.10 Å². The van der Waals surface area contributed by atoms with Crippen LogP contribution in [0.3, 0.4) is 0 Å². The van der Waals surface area contributed by atoms with E-state index in [1.54, 1.807) is 0 Å². The molecule has 0 aliphatic carbocycles. The topological polar surface area (TPSA) is 12.5 Å². The van der Waals surface area contributed by atoms with Crippen LogP contribution in [0.5, 0.6) is 0 Å². The molecule has 3 radical (unpaired) electrons. The molecule has 95 valence electrons. The molecule has 0 bridgehead atoms. The van der Waals surface area contributed by atoms with Crippen LogP contribution >= 0.6 is 0 Å². The molecule has 1 aliphatic heterocycles. The summed E-state index contributed by atoms with van der Waals surface area (Å²) in [6.07, 6.45) is 5.90. The molecule has 0 aromatic heterocycles. The molecular formula is C15H20NOSi. The van der Waals surface area contributed by atoms with Gasteiger partial charge in [-0.2, -0.15) is 0 Å². The van der Waals surface area contributed by atoms with Crippen molar-refractivity contribution in [2.45, 2.75) is 31.7 Å². The fraction of sp³-hybridized carbons (Fsp3) is 0.467. The van der Waals surface area contributed by atoms with Crippen molar-refractivity contribution in [2.24, 2.45) is 0 Å². The van der Waals surface area contributed by atoms with Crippen LogP contribution in [0.25, 0.3) is 6.08 Å². The Hall–Kier alpha value is -0.903. The molecule has 1 aromatic carbocycles. The van der Waals surface area contributed by atoms with E-state index in [9.17, 15) is 0 Å². The third-order valence-corrected chi connectivity index (χ3v) is 3.45. The maximum Gasteiger partial charge on any atom is 0.130 e. The van der Waals surface area contributed by atoms with E-state index in [1.807, 2.05) is 6.07 Å². The van der Waals surface area contributed by atoms with Crippen LogP contribution in [0, 0.1) is 0 Å². The van der Waals surface area contributed by atoms with Crippen LogP contribution in [0.4, 0.5) is 0 Å². The van der Waals surface area contributed by atoms with E-state index in [0.29, 0.717) is 6.10 Å². The second-order valence-corrected chi connectivity index (χ2v) is 5.21. The van der Waals surface area contributed by atoms with Gasteiger partial charge in [0.15, 0.2) is 0 Å². The first-order chi connectivity index (χ1) is 8.79. The third-order valence-electron chi connectivity index (χ3n) is 3.10. The Bertz CT molecular complexity index is 379. The van der Waals surface area contributed by atoms with Crippen molar-refractivity contribution < 1.29 is 4.74 Å². The van der Waals surface area contributed by atoms with Crippen LogP contribution < -0.4 is 0 Å². The van der Waals surface area contributed by atoms with E-state index in [1.165, 1.54) is 5.56 Å². The summed E-state index contributed by atoms with van der Waals surface area (Å²) in [7, 11) is 3.53. The highest BCUT2D eigenvalue weighted by atomic mass is 28.1. The minimum Gasteiger partial charge on any atom is -0.355 e. The van der Waals surface area contributed by atoms with Crippen LogP contribution in [-0.2, 0) is 4.74 Å². The first kappa shape index (κ1) is 13.5. The molecule has 3 heteroatoms. The molecule has 2 unspecified atom stereocenters. The summed E-state index contributed by atoms with van der Waals surface area (Å²) in [6, 6.07) is 11.4. The molecule has 2 atom stereocenters. The van der Waals surface area contributed by atoms with Crippen molar-refractivity contribution in [3.63, 3.8) is 0 Å². The number of nitrogens with zero attached hydrogens (tertiary/aromatic N) is 1. The molecule has 0 N–H and O–H groups in total. The Labute approximate surface area is 113 Å². The molecule has 1 fully saturated rings. The fourth-order valence-corrected chi connectivity index (χ4v) is 2.38. The van der Waals surface area contributed by atoms with Crippen molar-refractivity contribution in [1.29, 1.82) is 0 Å². The zero-order valence-electron chi connectivity index (χ0n) is 10.9. The maximum atomic E-state index is 5.92. The summed E-state index contributed by atoms with van der Waals surface area (Å²) >= 11 is 0. The molecule has 1 aromatic rings. The monoisotopic (exact) mass is 258 g/mol. The zero-order valence-corrected chi connectivity index (χ0v) is 11.9. The lowest BCUT2D eigenvalue weighted by atomic mass is 10.2. The van der Waals surface area contributed by atoms with E-state index < -0.39 is 0 Å². The third kappa shape index (κ3) is 3.80. The Kier molecular flexibility index (Phi) is 5.17. The minimum absolute atomic E-state index is 0.124. The second-order valence-electron chi connectivity index (χ2n) is 4.71. The summed E-state index contributed by atoms with van der Waals surface area (Å²) < 4.78 is 5.92. The normalized spacial score (nSPS) is 25.0. The van der Waals surface area contributed by atoms with E-state index in [-0.39, 0.29) is 6.23 Å². The van der Waals surface area contributed by atoms with Crippen LogP contribution in [0.2, 0.25) is 6.04 Å². The molecule has 2 nitrogen and oxygen atoms in total. The molecule has 2 rings (SSSR count). The summed E-state index contributed by atoms with van der Waals surface area (Å²) in [5.41, 5.74) is 1.22. The van der Waals surface area contributed by atoms with Gasteiger partial charge in [0, 0.05) is 23.3 Å². The Morgan fingerprint density at radius 3 is 2.89 bits per heavy atom. The quantitative estimate of drug-likeness (QED) is 0.753. The van der Waals surface area contributed by atoms with Gasteiger partial charge in [-0.25, -0.2) is 0 Å². The van der Waals surface area contributed by atoms with Crippen LogP contribution in [0.15, 0.2) is 36.4 Å². The molecule has 18 heavy (non-hydrogen) atoms. The summed E-state index contributed by atoms with van der Waals surface area (Å²) in [5.74, 6) is 0. The predicted molar refractivity (Wildman–Crippen MR) is 76.6 cm³/mol. The zero-order chi connectivity index (χ0) is 12.8. The van der Waals surface area contributed by atoms with Crippen LogP contribution in [0.1, 0.15) is 18.9 Å². The van der Waals surface area contributed by atoms with Gasteiger partial charge in [0.1, 0.15) is 6.23 Å². The molecule has 0 spiro atoms. The lowest BCUT2D eigenvalue weighted by molar-refractivity contribution is 0.0418. The molecule has 0 saturated carbocycles. The highest BCUT2D eigenvalue weighted by molar-refractivity contribution is 6.08. The van der Waals surface area contributed by atoms with Crippen molar-refractivity contribution in [3.05, 3.63) is 42.0 Å². The first-order valence-corrected chi connectivity index (χ1v) is 7.27. The molecule has 1 heterocycles. The molecule has 1 aliphatic rings. The first-order valence-electron chi connectivity index (χ1n) is 6.57. The smallest absolute Gasteiger partial charge is 0.130 e. The number of hydrogen-bond acceptors (Lipinski definition) is 2. The number of ether oxygens (including phenoxy) is 1. The van der Waals surface area contributed by atoms with Crippen molar-refractivity contribution in [3.8, 4) is 0 Å². The Morgan fingerprint density at radius 1 is 1.39 bits per heavy atom. The van der Waals surface area contributed by atoms with Crippen LogP contribution in [-0.4, -0.2) is 40.6 Å². The highest BCUT2D eigenvalue weighted by Gasteiger charge is 2.27. The van der Waals surface area contributed by atoms with E-state index in [0.717, 1.165) is 25.6 Å². The van der Waals surface area contributed by atoms with E-state index in [2.05, 4.69) is 58.5 Å². The standard InChI is InChI=1S/C15H20NOSi/c1-13-12-16(10-5-11-18)15(17-13)9-8-14-6-3-2-4-7-14/h2-4,6-9,13,15H,5,10-12H2,1H3/b9-8+. The average Bonchev–Trinajstić information content (AvgIpc) is 2.75. The van der Waals surface area contributed by atoms with E-state index in [4.69, 9.17) is 4.74 Å². The van der Waals surface area contributed by atoms with Gasteiger partial charge >= 0.3 is 0 Å². The number of rotatable bonds is 5. The highest BCUT2D eigenvalue weighted by Crippen LogP contribution is 2.18. The van der Waals surface area contributed by atoms with Gasteiger partial charge in [-0.1, -0.05) is 42.5 Å². The molecule has 1 saturated heterocycles. The van der Waals surface area contributed by atoms with E-state index >= 15 is 0 Å². The SMILES string of the molecule is CC1CN(CCC[Si])C(/C=C/c2ccccc2)O1. The second kappa shape index (κ2) is 6.88. The summed E-state index contributed by atoms with van der Waals surface area (Å²) in [6.45, 7) is 4.24. The predicted octanol–water partition coefficient (Wildman–Crippen LogP) is 2.72. The van der Waals surface area contributed by atoms with Crippen molar-refractivity contribution in [1.82, 2.24) is 4.90 Å². The van der Waals surface area contributed by atoms with Gasteiger partial charge in [0.25, 0.3) is 0 Å². The largest absolute Gasteiger partial charge is 0.355 e. The van der Waals surface area contributed by atoms with Gasteiger partial charge in [-0.15, -0.1) is 0 Å². The Morgan fingerprint density at radius 2 is 2.17 bits per heavy atom. The van der Waals surface area contributed by atoms with Gasteiger partial charge in [-0.3, -0.25) is 4.90 Å². The average molecular weight is 258 g/mol. The maximum absolute atomic E-state index is 5.92. The number of benzene rings is 1. The molecular weight excluding hydrogens is 238 g/mol. The van der Waals surface area contributed by atoms with Crippen molar-refractivity contribution >= 4 is 16.3 Å². The molecule has 0 amide bonds. The number of hydrogen-bond donors (Lipinski definition) is 0. The summed E-state index contributed by atoms with van der Waals surface area (Å²) in [5, 5.41) is 0. The van der Waals surface area contributed by atoms with Gasteiger partial charge in [0.2, 0.25) is 0 Å². The van der Waals surface area contributed by atoms with Gasteiger partial charge < -0.3 is 4.74 Å². The fourth-order valence-electron chi connectivity index (χ4n) is 2.23.